The largest absolute Gasteiger partial charge is 0.691 e. The van der Waals surface area contributed by atoms with Crippen LogP contribution in [0.4, 0.5) is 0 Å². The average Bonchev–Trinajstić information content (AvgIpc) is 3.16. The standard InChI is InChI=1S/C30H46O16S2/c1-14(2)9-22(32)42-25-24(44-48(37,38)39)23(43-47-46-45-36)20(13-31)41-28(25)40-17-10-18(27(34)35)19-7-8-30-11-16(15(3)26(30)33)5-6-21(30)29(19,4)12-17/h14,16-21,23-26,28,31,33,36H,3,5-13H2,1-2,4H3,(H,34,35)(H,37,38,39)/p-1/t16?,17?,18?,19?,20-,21?,23-,24-,25?,26-,28+,29?,30?/m0/s1. The summed E-state index contributed by atoms with van der Waals surface area (Å²) in [6.45, 7) is 8.91. The van der Waals surface area contributed by atoms with Crippen molar-refractivity contribution in [2.24, 2.45) is 40.4 Å². The lowest BCUT2D eigenvalue weighted by molar-refractivity contribution is -0.777. The first-order chi connectivity index (χ1) is 22.5. The lowest BCUT2D eigenvalue weighted by Gasteiger charge is -2.62. The van der Waals surface area contributed by atoms with Gasteiger partial charge in [-0.3, -0.25) is 23.4 Å². The number of carbonyl (C=O) groups is 2. The van der Waals surface area contributed by atoms with Crippen LogP contribution in [-0.2, 0) is 51.9 Å². The van der Waals surface area contributed by atoms with Crippen LogP contribution in [0.2, 0.25) is 0 Å². The van der Waals surface area contributed by atoms with Gasteiger partial charge in [0.25, 0.3) is 0 Å². The molecule has 2 bridgehead atoms. The molecule has 5 fully saturated rings. The summed E-state index contributed by atoms with van der Waals surface area (Å²) in [7, 11) is -5.26. The second-order valence-electron chi connectivity index (χ2n) is 14.6. The van der Waals surface area contributed by atoms with Crippen molar-refractivity contribution in [2.45, 2.75) is 115 Å². The van der Waals surface area contributed by atoms with Crippen molar-refractivity contribution in [3.63, 3.8) is 0 Å². The first-order valence-corrected chi connectivity index (χ1v) is 18.2. The van der Waals surface area contributed by atoms with Gasteiger partial charge in [-0.15, -0.1) is 4.33 Å². The SMILES string of the molecule is C=C1C2CCC3C4(C)CC(O[C@@H]5O[C@@H](CO)[C@H](OSOO[O-])[C@H](OS(=O)(=O)O)C5OC(=O)CC(C)C)CC(C(=O)O)C4CCC3(C2)[C@H]1O. The summed E-state index contributed by atoms with van der Waals surface area (Å²) in [5.41, 5.74) is -0.194. The molecule has 4 aliphatic carbocycles. The van der Waals surface area contributed by atoms with Gasteiger partial charge in [0.05, 0.1) is 24.7 Å². The Morgan fingerprint density at radius 1 is 1.17 bits per heavy atom. The van der Waals surface area contributed by atoms with Crippen molar-refractivity contribution in [3.05, 3.63) is 12.2 Å². The van der Waals surface area contributed by atoms with Gasteiger partial charge in [0.15, 0.2) is 30.8 Å². The van der Waals surface area contributed by atoms with E-state index in [-0.39, 0.29) is 48.8 Å². The normalized spacial score (nSPS) is 42.7. The van der Waals surface area contributed by atoms with Crippen LogP contribution in [0, 0.1) is 40.4 Å². The number of carboxylic acid groups (broad SMARTS) is 1. The summed E-state index contributed by atoms with van der Waals surface area (Å²) in [5, 5.41) is 45.7. The van der Waals surface area contributed by atoms with Gasteiger partial charge in [-0.1, -0.05) is 27.4 Å². The Morgan fingerprint density at radius 3 is 2.52 bits per heavy atom. The maximum Gasteiger partial charge on any atom is 0.397 e. The highest BCUT2D eigenvalue weighted by atomic mass is 32.3. The minimum atomic E-state index is -5.26. The van der Waals surface area contributed by atoms with E-state index < -0.39 is 88.6 Å². The number of carboxylic acids is 1. The Bertz CT molecular complexity index is 1310. The number of esters is 1. The molecule has 0 aromatic rings. The fraction of sp³-hybridized carbons (Fsp3) is 0.867. The molecule has 4 saturated carbocycles. The van der Waals surface area contributed by atoms with E-state index >= 15 is 0 Å². The molecule has 0 aromatic carbocycles. The lowest BCUT2D eigenvalue weighted by Crippen LogP contribution is -2.63. The molecule has 8 unspecified atom stereocenters. The second kappa shape index (κ2) is 14.7. The zero-order valence-electron chi connectivity index (χ0n) is 27.0. The van der Waals surface area contributed by atoms with E-state index in [1.807, 2.05) is 6.92 Å². The smallest absolute Gasteiger partial charge is 0.397 e. The van der Waals surface area contributed by atoms with E-state index in [0.29, 0.717) is 19.3 Å². The van der Waals surface area contributed by atoms with Gasteiger partial charge in [0.2, 0.25) is 0 Å². The molecule has 5 aliphatic rings. The Morgan fingerprint density at radius 2 is 1.90 bits per heavy atom. The molecule has 1 aliphatic heterocycles. The Hall–Kier alpha value is -1.42. The van der Waals surface area contributed by atoms with Crippen molar-refractivity contribution in [1.29, 1.82) is 0 Å². The molecular formula is C30H45O16S2-. The van der Waals surface area contributed by atoms with Crippen molar-refractivity contribution in [3.8, 4) is 0 Å². The third-order valence-corrected chi connectivity index (χ3v) is 12.4. The van der Waals surface area contributed by atoms with Gasteiger partial charge in [0, 0.05) is 11.8 Å². The van der Waals surface area contributed by atoms with Gasteiger partial charge in [-0.05, 0) is 79.6 Å². The van der Waals surface area contributed by atoms with Gasteiger partial charge >= 0.3 is 22.3 Å². The predicted molar refractivity (Wildman–Crippen MR) is 161 cm³/mol. The van der Waals surface area contributed by atoms with Gasteiger partial charge < -0.3 is 34.8 Å². The van der Waals surface area contributed by atoms with Crippen LogP contribution in [-0.4, -0.2) is 89.7 Å². The Balaban J connectivity index is 1.49. The van der Waals surface area contributed by atoms with E-state index in [0.717, 1.165) is 24.8 Å². The monoisotopic (exact) mass is 725 g/mol. The first-order valence-electron chi connectivity index (χ1n) is 16.2. The number of carbonyl (C=O) groups excluding carboxylic acids is 1. The van der Waals surface area contributed by atoms with Crippen molar-refractivity contribution in [2.75, 3.05) is 6.61 Å². The Labute approximate surface area is 283 Å². The van der Waals surface area contributed by atoms with E-state index in [4.69, 9.17) is 22.6 Å². The fourth-order valence-corrected chi connectivity index (χ4v) is 10.6. The Kier molecular flexibility index (Phi) is 11.6. The number of rotatable bonds is 13. The van der Waals surface area contributed by atoms with Crippen LogP contribution in [0.15, 0.2) is 12.2 Å². The van der Waals surface area contributed by atoms with Crippen LogP contribution in [0.25, 0.3) is 0 Å². The maximum atomic E-state index is 13.0. The second-order valence-corrected chi connectivity index (χ2v) is 16.1. The molecule has 4 N–H and O–H groups in total. The third kappa shape index (κ3) is 7.32. The van der Waals surface area contributed by atoms with E-state index in [1.54, 1.807) is 13.8 Å². The molecule has 18 heteroatoms. The summed E-state index contributed by atoms with van der Waals surface area (Å²) >= 11 is -0.0471. The molecule has 48 heavy (non-hydrogen) atoms. The third-order valence-electron chi connectivity index (χ3n) is 11.5. The van der Waals surface area contributed by atoms with Gasteiger partial charge in [-0.2, -0.15) is 8.42 Å². The van der Waals surface area contributed by atoms with Crippen LogP contribution in [0.5, 0.6) is 0 Å². The molecule has 5 rings (SSSR count). The topological polar surface area (TPSA) is 237 Å². The van der Waals surface area contributed by atoms with Crippen molar-refractivity contribution in [1.82, 2.24) is 0 Å². The van der Waals surface area contributed by atoms with Crippen LogP contribution >= 0.6 is 12.3 Å². The summed E-state index contributed by atoms with van der Waals surface area (Å²) in [5.74, 6) is -2.84. The van der Waals surface area contributed by atoms with Crippen LogP contribution in [0.1, 0.15) is 72.1 Å². The van der Waals surface area contributed by atoms with Crippen LogP contribution in [0.3, 0.4) is 0 Å². The molecule has 0 radical (unpaired) electrons. The highest BCUT2D eigenvalue weighted by Gasteiger charge is 2.67. The average molecular weight is 726 g/mol. The summed E-state index contributed by atoms with van der Waals surface area (Å²) < 4.78 is 66.1. The molecule has 0 aromatic heterocycles. The maximum absolute atomic E-state index is 13.0. The summed E-state index contributed by atoms with van der Waals surface area (Å²) in [6, 6.07) is 0. The van der Waals surface area contributed by atoms with E-state index in [9.17, 15) is 43.1 Å². The number of ether oxygens (including phenoxy) is 3. The number of fused-ring (bicyclic) bond motifs is 3. The van der Waals surface area contributed by atoms with Crippen LogP contribution < -0.4 is 5.26 Å². The van der Waals surface area contributed by atoms with Gasteiger partial charge in [0.1, 0.15) is 12.2 Å². The zero-order valence-corrected chi connectivity index (χ0v) is 28.6. The molecular weight excluding hydrogens is 680 g/mol. The van der Waals surface area contributed by atoms with Gasteiger partial charge in [-0.25, -0.2) is 4.18 Å². The molecule has 274 valence electrons. The van der Waals surface area contributed by atoms with E-state index in [2.05, 4.69) is 16.0 Å². The first kappa shape index (κ1) is 37.8. The molecule has 1 saturated heterocycles. The lowest BCUT2D eigenvalue weighted by atomic mass is 9.43. The highest BCUT2D eigenvalue weighted by Crippen LogP contribution is 2.70. The number of hydrogen-bond acceptors (Lipinski definition) is 15. The fourth-order valence-electron chi connectivity index (χ4n) is 9.76. The zero-order chi connectivity index (χ0) is 35.2. The quantitative estimate of drug-likeness (QED) is 0.0309. The molecule has 0 amide bonds. The molecule has 13 atom stereocenters. The molecule has 1 heterocycles. The number of aliphatic carboxylic acids is 1. The van der Waals surface area contributed by atoms with Crippen molar-refractivity contribution >= 4 is 34.7 Å². The van der Waals surface area contributed by atoms with E-state index in [1.165, 1.54) is 0 Å². The predicted octanol–water partition coefficient (Wildman–Crippen LogP) is 1.65. The number of aliphatic hydroxyl groups is 2. The molecule has 1 spiro atoms. The number of aliphatic hydroxyl groups excluding tert-OH is 2. The molecule has 16 nitrogen and oxygen atoms in total. The van der Waals surface area contributed by atoms with Crippen molar-refractivity contribution < 1.29 is 75.1 Å². The minimum Gasteiger partial charge on any atom is -0.691 e. The minimum absolute atomic E-state index is 0.0340. The summed E-state index contributed by atoms with van der Waals surface area (Å²) in [4.78, 5) is 25.7. The number of hydrogen-bond donors (Lipinski definition) is 4. The highest BCUT2D eigenvalue weighted by molar-refractivity contribution is 7.89. The summed E-state index contributed by atoms with van der Waals surface area (Å²) in [6.07, 6.45) is -5.88.